The van der Waals surface area contributed by atoms with Crippen LogP contribution in [0.2, 0.25) is 0 Å². The van der Waals surface area contributed by atoms with Gasteiger partial charge in [-0.3, -0.25) is 0 Å². The zero-order valence-electron chi connectivity index (χ0n) is 17.8. The molecule has 0 unspecified atom stereocenters. The van der Waals surface area contributed by atoms with E-state index in [1.165, 1.54) is 0 Å². The average Bonchev–Trinajstić information content (AvgIpc) is 3.26. The van der Waals surface area contributed by atoms with E-state index in [2.05, 4.69) is 10.6 Å². The van der Waals surface area contributed by atoms with Crippen LogP contribution in [0.4, 0.5) is 22.7 Å². The molecule has 0 spiro atoms. The fraction of sp³-hybridized carbons (Fsp3) is 0.217. The van der Waals surface area contributed by atoms with Crippen LogP contribution in [0.25, 0.3) is 0 Å². The molecule has 0 bridgehead atoms. The minimum Gasteiger partial charge on any atom is -0.497 e. The first-order chi connectivity index (χ1) is 15.1. The third kappa shape index (κ3) is 4.32. The third-order valence-corrected chi connectivity index (χ3v) is 4.81. The molecule has 8 nitrogen and oxygen atoms in total. The molecule has 162 valence electrons. The largest absolute Gasteiger partial charge is 0.497 e. The van der Waals surface area contributed by atoms with E-state index in [1.54, 1.807) is 28.4 Å². The summed E-state index contributed by atoms with van der Waals surface area (Å²) < 4.78 is 32.6. The number of hydrogen-bond acceptors (Lipinski definition) is 8. The fourth-order valence-corrected chi connectivity index (χ4v) is 3.25. The van der Waals surface area contributed by atoms with Gasteiger partial charge in [0, 0.05) is 47.8 Å². The third-order valence-electron chi connectivity index (χ3n) is 4.81. The molecule has 1 aliphatic rings. The molecular formula is C23H24N2O6. The predicted octanol–water partition coefficient (Wildman–Crippen LogP) is 4.94. The van der Waals surface area contributed by atoms with E-state index in [4.69, 9.17) is 28.4 Å². The van der Waals surface area contributed by atoms with E-state index in [0.717, 1.165) is 22.7 Å². The zero-order valence-corrected chi connectivity index (χ0v) is 17.8. The smallest absolute Gasteiger partial charge is 0.231 e. The number of methoxy groups -OCH3 is 4. The molecule has 8 heteroatoms. The summed E-state index contributed by atoms with van der Waals surface area (Å²) in [5, 5.41) is 6.82. The van der Waals surface area contributed by atoms with Crippen molar-refractivity contribution in [2.75, 3.05) is 45.9 Å². The average molecular weight is 424 g/mol. The van der Waals surface area contributed by atoms with Crippen molar-refractivity contribution in [2.45, 2.75) is 0 Å². The summed E-state index contributed by atoms with van der Waals surface area (Å²) in [4.78, 5) is 0. The van der Waals surface area contributed by atoms with Crippen molar-refractivity contribution in [3.8, 4) is 34.5 Å². The Labute approximate surface area is 180 Å². The van der Waals surface area contributed by atoms with Gasteiger partial charge < -0.3 is 39.1 Å². The molecule has 0 radical (unpaired) electrons. The van der Waals surface area contributed by atoms with Gasteiger partial charge in [-0.05, 0) is 12.1 Å². The van der Waals surface area contributed by atoms with Crippen LogP contribution in [0.5, 0.6) is 34.5 Å². The van der Waals surface area contributed by atoms with E-state index in [-0.39, 0.29) is 6.79 Å². The van der Waals surface area contributed by atoms with E-state index in [0.29, 0.717) is 34.5 Å². The summed E-state index contributed by atoms with van der Waals surface area (Å²) in [5.74, 6) is 3.96. The molecule has 2 N–H and O–H groups in total. The topological polar surface area (TPSA) is 79.4 Å². The second-order valence-corrected chi connectivity index (χ2v) is 6.67. The maximum absolute atomic E-state index is 5.56. The summed E-state index contributed by atoms with van der Waals surface area (Å²) in [5.41, 5.74) is 3.20. The Balaban J connectivity index is 1.70. The molecule has 0 saturated carbocycles. The van der Waals surface area contributed by atoms with Gasteiger partial charge in [0.2, 0.25) is 6.79 Å². The monoisotopic (exact) mass is 424 g/mol. The highest BCUT2D eigenvalue weighted by atomic mass is 16.7. The van der Waals surface area contributed by atoms with Crippen LogP contribution in [-0.4, -0.2) is 35.2 Å². The van der Waals surface area contributed by atoms with Gasteiger partial charge >= 0.3 is 0 Å². The number of nitrogens with one attached hydrogen (secondary N) is 2. The Morgan fingerprint density at radius 1 is 0.613 bits per heavy atom. The van der Waals surface area contributed by atoms with Crippen molar-refractivity contribution in [1.82, 2.24) is 0 Å². The lowest BCUT2D eigenvalue weighted by molar-refractivity contribution is 0.174. The Morgan fingerprint density at radius 2 is 1.19 bits per heavy atom. The zero-order chi connectivity index (χ0) is 21.8. The van der Waals surface area contributed by atoms with Crippen LogP contribution in [0.3, 0.4) is 0 Å². The summed E-state index contributed by atoms with van der Waals surface area (Å²) in [6, 6.07) is 15.0. The quantitative estimate of drug-likeness (QED) is 0.527. The number of anilines is 4. The van der Waals surface area contributed by atoms with Crippen LogP contribution in [0.1, 0.15) is 0 Å². The molecule has 0 saturated heterocycles. The van der Waals surface area contributed by atoms with Gasteiger partial charge in [0.05, 0.1) is 39.8 Å². The molecular weight excluding hydrogens is 400 g/mol. The number of benzene rings is 3. The molecule has 31 heavy (non-hydrogen) atoms. The van der Waals surface area contributed by atoms with Crippen LogP contribution >= 0.6 is 0 Å². The number of ether oxygens (including phenoxy) is 6. The molecule has 3 aromatic carbocycles. The van der Waals surface area contributed by atoms with Gasteiger partial charge in [0.1, 0.15) is 11.5 Å². The van der Waals surface area contributed by atoms with Crippen molar-refractivity contribution in [2.24, 2.45) is 0 Å². The molecule has 1 aliphatic heterocycles. The van der Waals surface area contributed by atoms with Gasteiger partial charge in [-0.25, -0.2) is 0 Å². The maximum atomic E-state index is 5.56. The molecule has 0 amide bonds. The Bertz CT molecular complexity index is 1060. The SMILES string of the molecule is COc1cc(Nc2cc3c(cc2Nc2ccc(OC)c(OC)c2)OCO3)cc(OC)c1. The van der Waals surface area contributed by atoms with Crippen molar-refractivity contribution in [1.29, 1.82) is 0 Å². The van der Waals surface area contributed by atoms with E-state index < -0.39 is 0 Å². The van der Waals surface area contributed by atoms with Gasteiger partial charge in [0.15, 0.2) is 23.0 Å². The number of hydrogen-bond donors (Lipinski definition) is 2. The van der Waals surface area contributed by atoms with Crippen molar-refractivity contribution < 1.29 is 28.4 Å². The summed E-state index contributed by atoms with van der Waals surface area (Å²) in [6.07, 6.45) is 0. The standard InChI is InChI=1S/C23H24N2O6/c1-26-16-7-15(8-17(10-16)27-2)25-19-12-23-22(30-13-31-23)11-18(19)24-14-5-6-20(28-3)21(9-14)29-4/h5-12,24-25H,13H2,1-4H3. The van der Waals surface area contributed by atoms with Gasteiger partial charge in [-0.15, -0.1) is 0 Å². The summed E-state index contributed by atoms with van der Waals surface area (Å²) in [6.45, 7) is 0.182. The molecule has 3 aromatic rings. The minimum atomic E-state index is 0.182. The van der Waals surface area contributed by atoms with Gasteiger partial charge in [0.25, 0.3) is 0 Å². The van der Waals surface area contributed by atoms with Crippen LogP contribution < -0.4 is 39.1 Å². The molecule has 1 heterocycles. The Morgan fingerprint density at radius 3 is 1.74 bits per heavy atom. The lowest BCUT2D eigenvalue weighted by atomic mass is 10.2. The number of rotatable bonds is 8. The molecule has 4 rings (SSSR count). The first kappa shape index (κ1) is 20.3. The maximum Gasteiger partial charge on any atom is 0.231 e. The molecule has 0 aromatic heterocycles. The van der Waals surface area contributed by atoms with E-state index in [1.807, 2.05) is 48.5 Å². The second kappa shape index (κ2) is 8.83. The molecule has 0 fully saturated rings. The van der Waals surface area contributed by atoms with Crippen molar-refractivity contribution >= 4 is 22.7 Å². The van der Waals surface area contributed by atoms with E-state index in [9.17, 15) is 0 Å². The number of fused-ring (bicyclic) bond motifs is 1. The lowest BCUT2D eigenvalue weighted by Gasteiger charge is -2.17. The van der Waals surface area contributed by atoms with Crippen molar-refractivity contribution in [3.63, 3.8) is 0 Å². The van der Waals surface area contributed by atoms with Crippen LogP contribution in [0, 0.1) is 0 Å². The predicted molar refractivity (Wildman–Crippen MR) is 118 cm³/mol. The highest BCUT2D eigenvalue weighted by Gasteiger charge is 2.18. The normalized spacial score (nSPS) is 11.6. The highest BCUT2D eigenvalue weighted by molar-refractivity contribution is 5.82. The minimum absolute atomic E-state index is 0.182. The highest BCUT2D eigenvalue weighted by Crippen LogP contribution is 2.43. The van der Waals surface area contributed by atoms with Gasteiger partial charge in [-0.2, -0.15) is 0 Å². The first-order valence-electron chi connectivity index (χ1n) is 9.56. The molecule has 0 atom stereocenters. The fourth-order valence-electron chi connectivity index (χ4n) is 3.25. The first-order valence-corrected chi connectivity index (χ1v) is 9.56. The Hall–Kier alpha value is -3.94. The summed E-state index contributed by atoms with van der Waals surface area (Å²) in [7, 11) is 6.44. The second-order valence-electron chi connectivity index (χ2n) is 6.67. The molecule has 0 aliphatic carbocycles. The lowest BCUT2D eigenvalue weighted by Crippen LogP contribution is -2.00. The summed E-state index contributed by atoms with van der Waals surface area (Å²) >= 11 is 0. The van der Waals surface area contributed by atoms with E-state index >= 15 is 0 Å². The van der Waals surface area contributed by atoms with Crippen molar-refractivity contribution in [3.05, 3.63) is 48.5 Å². The van der Waals surface area contributed by atoms with Crippen LogP contribution in [-0.2, 0) is 0 Å². The Kier molecular flexibility index (Phi) is 5.79. The van der Waals surface area contributed by atoms with Crippen LogP contribution in [0.15, 0.2) is 48.5 Å². The van der Waals surface area contributed by atoms with Gasteiger partial charge in [-0.1, -0.05) is 0 Å².